The Morgan fingerprint density at radius 2 is 2.20 bits per heavy atom. The van der Waals surface area contributed by atoms with Crippen molar-refractivity contribution in [3.63, 3.8) is 0 Å². The fourth-order valence-corrected chi connectivity index (χ4v) is 3.40. The number of carbonyl (C=O) groups excluding carboxylic acids is 1. The standard InChI is InChI=1S/C16H16ClN5O2S/c1-24-11-5-3-2-4-10(11)8-18-12(23)6-7-25-15-13-14(20-9-19-13)21-16(17)22-15/h2-5,9H,6-8H2,1H3,(H,18,23)(H,19,20,21,22). The van der Waals surface area contributed by atoms with E-state index in [-0.39, 0.29) is 11.2 Å². The van der Waals surface area contributed by atoms with Gasteiger partial charge in [-0.1, -0.05) is 18.2 Å². The number of aromatic nitrogens is 4. The van der Waals surface area contributed by atoms with Crippen molar-refractivity contribution < 1.29 is 9.53 Å². The summed E-state index contributed by atoms with van der Waals surface area (Å²) in [4.78, 5) is 27.3. The molecule has 0 fully saturated rings. The van der Waals surface area contributed by atoms with Crippen LogP contribution >= 0.6 is 23.4 Å². The number of hydrogen-bond acceptors (Lipinski definition) is 6. The molecule has 0 saturated heterocycles. The molecule has 7 nitrogen and oxygen atoms in total. The Kier molecular flexibility index (Phi) is 5.72. The molecule has 0 saturated carbocycles. The normalized spacial score (nSPS) is 10.8. The van der Waals surface area contributed by atoms with Gasteiger partial charge >= 0.3 is 0 Å². The number of carbonyl (C=O) groups is 1. The first-order valence-electron chi connectivity index (χ1n) is 7.55. The van der Waals surface area contributed by atoms with Gasteiger partial charge in [0.25, 0.3) is 0 Å². The number of nitrogens with zero attached hydrogens (tertiary/aromatic N) is 3. The highest BCUT2D eigenvalue weighted by molar-refractivity contribution is 7.99. The van der Waals surface area contributed by atoms with Crippen LogP contribution in [0, 0.1) is 0 Å². The zero-order valence-electron chi connectivity index (χ0n) is 13.5. The van der Waals surface area contributed by atoms with Crippen molar-refractivity contribution >= 4 is 40.4 Å². The molecule has 0 unspecified atom stereocenters. The van der Waals surface area contributed by atoms with Gasteiger partial charge in [0.1, 0.15) is 16.3 Å². The van der Waals surface area contributed by atoms with Gasteiger partial charge in [0.2, 0.25) is 11.2 Å². The predicted molar refractivity (Wildman–Crippen MR) is 96.9 cm³/mol. The maximum Gasteiger partial charge on any atom is 0.225 e. The number of fused-ring (bicyclic) bond motifs is 1. The van der Waals surface area contributed by atoms with E-state index < -0.39 is 0 Å². The largest absolute Gasteiger partial charge is 0.496 e. The highest BCUT2D eigenvalue weighted by Gasteiger charge is 2.11. The summed E-state index contributed by atoms with van der Waals surface area (Å²) in [5.41, 5.74) is 2.18. The van der Waals surface area contributed by atoms with Gasteiger partial charge in [-0.25, -0.2) is 9.97 Å². The van der Waals surface area contributed by atoms with Crippen LogP contribution in [0.25, 0.3) is 11.2 Å². The molecular formula is C16H16ClN5O2S. The molecule has 0 aliphatic heterocycles. The zero-order valence-corrected chi connectivity index (χ0v) is 15.0. The predicted octanol–water partition coefficient (Wildman–Crippen LogP) is 2.81. The highest BCUT2D eigenvalue weighted by Crippen LogP contribution is 2.24. The molecule has 25 heavy (non-hydrogen) atoms. The van der Waals surface area contributed by atoms with E-state index in [1.165, 1.54) is 11.8 Å². The van der Waals surface area contributed by atoms with Crippen LogP contribution in [0.2, 0.25) is 5.28 Å². The third kappa shape index (κ3) is 4.40. The molecule has 0 bridgehead atoms. The molecule has 9 heteroatoms. The first-order valence-corrected chi connectivity index (χ1v) is 8.91. The number of rotatable bonds is 7. The monoisotopic (exact) mass is 377 g/mol. The lowest BCUT2D eigenvalue weighted by Gasteiger charge is -2.09. The number of methoxy groups -OCH3 is 1. The maximum atomic E-state index is 12.0. The topological polar surface area (TPSA) is 92.8 Å². The summed E-state index contributed by atoms with van der Waals surface area (Å²) >= 11 is 7.32. The first kappa shape index (κ1) is 17.5. The first-order chi connectivity index (χ1) is 12.2. The van der Waals surface area contributed by atoms with Crippen LogP contribution in [0.4, 0.5) is 0 Å². The van der Waals surface area contributed by atoms with Crippen molar-refractivity contribution in [3.05, 3.63) is 41.4 Å². The second-order valence-corrected chi connectivity index (χ2v) is 6.51. The minimum Gasteiger partial charge on any atom is -0.496 e. The number of para-hydroxylation sites is 1. The highest BCUT2D eigenvalue weighted by atomic mass is 35.5. The van der Waals surface area contributed by atoms with Crippen LogP contribution in [-0.2, 0) is 11.3 Å². The Balaban J connectivity index is 1.51. The number of amides is 1. The summed E-state index contributed by atoms with van der Waals surface area (Å²) < 4.78 is 5.27. The quantitative estimate of drug-likeness (QED) is 0.373. The second kappa shape index (κ2) is 8.17. The van der Waals surface area contributed by atoms with Gasteiger partial charge in [-0.05, 0) is 17.7 Å². The van der Waals surface area contributed by atoms with E-state index in [4.69, 9.17) is 16.3 Å². The maximum absolute atomic E-state index is 12.0. The lowest BCUT2D eigenvalue weighted by atomic mass is 10.2. The number of benzene rings is 1. The van der Waals surface area contributed by atoms with Gasteiger partial charge in [0.05, 0.1) is 13.4 Å². The van der Waals surface area contributed by atoms with Crippen molar-refractivity contribution in [3.8, 4) is 5.75 Å². The Hall–Kier alpha value is -2.32. The molecule has 2 heterocycles. The van der Waals surface area contributed by atoms with Gasteiger partial charge in [-0.15, -0.1) is 11.8 Å². The molecule has 1 aromatic carbocycles. The van der Waals surface area contributed by atoms with Crippen LogP contribution in [0.3, 0.4) is 0 Å². The number of aromatic amines is 1. The molecule has 130 valence electrons. The van der Waals surface area contributed by atoms with Crippen molar-refractivity contribution in [2.24, 2.45) is 0 Å². The number of ether oxygens (including phenoxy) is 1. The second-order valence-electron chi connectivity index (χ2n) is 5.09. The Morgan fingerprint density at radius 1 is 1.36 bits per heavy atom. The molecular weight excluding hydrogens is 362 g/mol. The smallest absolute Gasteiger partial charge is 0.225 e. The minimum atomic E-state index is -0.0422. The van der Waals surface area contributed by atoms with E-state index in [0.717, 1.165) is 16.8 Å². The van der Waals surface area contributed by atoms with Crippen molar-refractivity contribution in [2.45, 2.75) is 18.0 Å². The van der Waals surface area contributed by atoms with E-state index in [9.17, 15) is 4.79 Å². The van der Waals surface area contributed by atoms with E-state index in [2.05, 4.69) is 25.3 Å². The van der Waals surface area contributed by atoms with Crippen LogP contribution in [0.5, 0.6) is 5.75 Å². The number of thioether (sulfide) groups is 1. The van der Waals surface area contributed by atoms with E-state index in [0.29, 0.717) is 29.4 Å². The average molecular weight is 378 g/mol. The summed E-state index contributed by atoms with van der Waals surface area (Å²) in [5, 5.41) is 3.72. The summed E-state index contributed by atoms with van der Waals surface area (Å²) in [7, 11) is 1.61. The Bertz CT molecular complexity index is 886. The number of nitrogens with one attached hydrogen (secondary N) is 2. The van der Waals surface area contributed by atoms with Crippen molar-refractivity contribution in [2.75, 3.05) is 12.9 Å². The molecule has 3 aromatic rings. The lowest BCUT2D eigenvalue weighted by molar-refractivity contribution is -0.120. The van der Waals surface area contributed by atoms with E-state index in [1.54, 1.807) is 13.4 Å². The summed E-state index contributed by atoms with van der Waals surface area (Å²) in [6.45, 7) is 0.428. The third-order valence-corrected chi connectivity index (χ3v) is 4.61. The molecule has 0 spiro atoms. The summed E-state index contributed by atoms with van der Waals surface area (Å²) in [5.74, 6) is 1.29. The molecule has 0 aliphatic carbocycles. The lowest BCUT2D eigenvalue weighted by Crippen LogP contribution is -2.23. The Labute approximate surface area is 153 Å². The molecule has 2 aromatic heterocycles. The van der Waals surface area contributed by atoms with E-state index in [1.807, 2.05) is 24.3 Å². The van der Waals surface area contributed by atoms with Crippen LogP contribution in [0.15, 0.2) is 35.6 Å². The molecule has 0 aliphatic rings. The van der Waals surface area contributed by atoms with Gasteiger partial charge in [0.15, 0.2) is 5.65 Å². The van der Waals surface area contributed by atoms with Crippen LogP contribution < -0.4 is 10.1 Å². The van der Waals surface area contributed by atoms with Gasteiger partial charge in [-0.2, -0.15) is 4.98 Å². The van der Waals surface area contributed by atoms with E-state index >= 15 is 0 Å². The van der Waals surface area contributed by atoms with Crippen LogP contribution in [-0.4, -0.2) is 38.7 Å². The molecule has 3 rings (SSSR count). The van der Waals surface area contributed by atoms with Crippen molar-refractivity contribution in [1.29, 1.82) is 0 Å². The van der Waals surface area contributed by atoms with Gasteiger partial charge in [0, 0.05) is 24.3 Å². The third-order valence-electron chi connectivity index (χ3n) is 3.46. The van der Waals surface area contributed by atoms with Gasteiger partial charge in [-0.3, -0.25) is 4.79 Å². The van der Waals surface area contributed by atoms with Crippen LogP contribution in [0.1, 0.15) is 12.0 Å². The fourth-order valence-electron chi connectivity index (χ4n) is 2.26. The molecule has 2 N–H and O–H groups in total. The number of hydrogen-bond donors (Lipinski definition) is 2. The zero-order chi connectivity index (χ0) is 17.6. The fraction of sp³-hybridized carbons (Fsp3) is 0.250. The molecule has 1 amide bonds. The van der Waals surface area contributed by atoms with Gasteiger partial charge < -0.3 is 15.0 Å². The molecule has 0 radical (unpaired) electrons. The molecule has 0 atom stereocenters. The Morgan fingerprint density at radius 3 is 3.04 bits per heavy atom. The number of halogens is 1. The SMILES string of the molecule is COc1ccccc1CNC(=O)CCSc1nc(Cl)nc2nc[nH]c12. The summed E-state index contributed by atoms with van der Waals surface area (Å²) in [6.07, 6.45) is 1.90. The van der Waals surface area contributed by atoms with Crippen molar-refractivity contribution in [1.82, 2.24) is 25.3 Å². The minimum absolute atomic E-state index is 0.0422. The summed E-state index contributed by atoms with van der Waals surface area (Å²) in [6, 6.07) is 7.59. The number of imidazole rings is 1. The number of H-pyrrole nitrogens is 1. The average Bonchev–Trinajstić information content (AvgIpc) is 3.08.